The number of fused-ring (bicyclic) bond motifs is 2. The van der Waals surface area contributed by atoms with Crippen LogP contribution in [0.15, 0.2) is 18.2 Å². The summed E-state index contributed by atoms with van der Waals surface area (Å²) in [5, 5.41) is 4.89. The summed E-state index contributed by atoms with van der Waals surface area (Å²) in [6, 6.07) is 5.85. The van der Waals surface area contributed by atoms with Crippen molar-refractivity contribution in [3.05, 3.63) is 34.2 Å². The van der Waals surface area contributed by atoms with Gasteiger partial charge in [0.25, 0.3) is 5.91 Å². The number of nitrogens with zero attached hydrogens (tertiary/aromatic N) is 1. The van der Waals surface area contributed by atoms with Crippen LogP contribution in [0, 0.1) is 5.92 Å². The van der Waals surface area contributed by atoms with Crippen LogP contribution in [0.5, 0.6) is 5.75 Å². The lowest BCUT2D eigenvalue weighted by atomic mass is 9.88. The van der Waals surface area contributed by atoms with Crippen LogP contribution in [-0.2, 0) is 12.8 Å². The average Bonchev–Trinajstić information content (AvgIpc) is 3.14. The number of carbonyl (C=O) groups is 1. The number of anilines is 2. The number of hydrogen-bond donors (Lipinski definition) is 2. The molecule has 2 heterocycles. The molecule has 0 saturated heterocycles. The van der Waals surface area contributed by atoms with E-state index in [-0.39, 0.29) is 5.91 Å². The van der Waals surface area contributed by atoms with E-state index in [1.807, 2.05) is 18.2 Å². The Morgan fingerprint density at radius 3 is 3.00 bits per heavy atom. The first-order valence-corrected chi connectivity index (χ1v) is 9.85. The number of ether oxygens (including phenoxy) is 1. The van der Waals surface area contributed by atoms with E-state index in [0.29, 0.717) is 11.5 Å². The molecule has 1 amide bonds. The van der Waals surface area contributed by atoms with Crippen LogP contribution in [0.1, 0.15) is 34.1 Å². The number of carbonyl (C=O) groups excluding carboxylic acids is 1. The Balaban J connectivity index is 1.75. The van der Waals surface area contributed by atoms with Gasteiger partial charge in [0.15, 0.2) is 5.13 Å². The van der Waals surface area contributed by atoms with Crippen molar-refractivity contribution in [2.75, 3.05) is 12.4 Å². The Morgan fingerprint density at radius 2 is 2.24 bits per heavy atom. The molecule has 130 valence electrons. The van der Waals surface area contributed by atoms with Crippen LogP contribution in [0.2, 0.25) is 0 Å². The molecule has 0 spiro atoms. The van der Waals surface area contributed by atoms with Crippen LogP contribution in [0.25, 0.3) is 10.2 Å². The topological polar surface area (TPSA) is 77.2 Å². The standard InChI is InChI=1S/C18H19N3O2S2/c1-9-6-7-10-13(8-9)24-17(14(10)16(19)22)21-18-20-15-11(23-2)4-3-5-12(15)25-18/h3-5,9H,6-8H2,1-2H3,(H2,19,22)(H,20,21). The number of rotatable bonds is 4. The summed E-state index contributed by atoms with van der Waals surface area (Å²) in [6.45, 7) is 2.25. The van der Waals surface area contributed by atoms with Crippen LogP contribution in [0.4, 0.5) is 10.1 Å². The highest BCUT2D eigenvalue weighted by atomic mass is 32.1. The molecule has 0 saturated carbocycles. The van der Waals surface area contributed by atoms with E-state index in [1.54, 1.807) is 29.8 Å². The minimum absolute atomic E-state index is 0.367. The van der Waals surface area contributed by atoms with Gasteiger partial charge in [0, 0.05) is 4.88 Å². The van der Waals surface area contributed by atoms with Gasteiger partial charge in [-0.15, -0.1) is 11.3 Å². The molecular formula is C18H19N3O2S2. The second-order valence-electron chi connectivity index (χ2n) is 6.37. The monoisotopic (exact) mass is 373 g/mol. The minimum Gasteiger partial charge on any atom is -0.494 e. The summed E-state index contributed by atoms with van der Waals surface area (Å²) in [7, 11) is 1.64. The largest absolute Gasteiger partial charge is 0.494 e. The van der Waals surface area contributed by atoms with Crippen molar-refractivity contribution in [2.45, 2.75) is 26.2 Å². The van der Waals surface area contributed by atoms with Crippen LogP contribution < -0.4 is 15.8 Å². The molecule has 0 radical (unpaired) electrons. The smallest absolute Gasteiger partial charge is 0.251 e. The Bertz CT molecular complexity index is 961. The van der Waals surface area contributed by atoms with E-state index in [9.17, 15) is 4.79 Å². The van der Waals surface area contributed by atoms with Gasteiger partial charge in [-0.1, -0.05) is 24.3 Å². The molecule has 0 aliphatic heterocycles. The van der Waals surface area contributed by atoms with E-state index in [0.717, 1.165) is 50.9 Å². The van der Waals surface area contributed by atoms with Crippen molar-refractivity contribution in [1.82, 2.24) is 4.98 Å². The van der Waals surface area contributed by atoms with Gasteiger partial charge in [-0.2, -0.15) is 0 Å². The molecule has 3 N–H and O–H groups in total. The highest BCUT2D eigenvalue weighted by Gasteiger charge is 2.27. The SMILES string of the molecule is COc1cccc2sc(Nc3sc4c(c3C(N)=O)CCC(C)C4)nc12. The summed E-state index contributed by atoms with van der Waals surface area (Å²) in [5.41, 5.74) is 8.27. The lowest BCUT2D eigenvalue weighted by molar-refractivity contribution is 0.1000. The molecule has 4 rings (SSSR count). The van der Waals surface area contributed by atoms with Crippen LogP contribution >= 0.6 is 22.7 Å². The number of nitrogens with one attached hydrogen (secondary N) is 1. The zero-order valence-electron chi connectivity index (χ0n) is 14.1. The van der Waals surface area contributed by atoms with Crippen molar-refractivity contribution in [2.24, 2.45) is 11.7 Å². The summed E-state index contributed by atoms with van der Waals surface area (Å²) in [6.07, 6.45) is 3.03. The fourth-order valence-electron chi connectivity index (χ4n) is 3.34. The fraction of sp³-hybridized carbons (Fsp3) is 0.333. The third kappa shape index (κ3) is 2.87. The lowest BCUT2D eigenvalue weighted by Crippen LogP contribution is -2.17. The fourth-order valence-corrected chi connectivity index (χ4v) is 5.71. The number of hydrogen-bond acceptors (Lipinski definition) is 6. The second kappa shape index (κ2) is 6.31. The number of primary amides is 1. The Morgan fingerprint density at radius 1 is 1.40 bits per heavy atom. The summed E-state index contributed by atoms with van der Waals surface area (Å²) >= 11 is 3.17. The maximum atomic E-state index is 12.1. The van der Waals surface area contributed by atoms with Crippen LogP contribution in [0.3, 0.4) is 0 Å². The van der Waals surface area contributed by atoms with Crippen molar-refractivity contribution in [3.63, 3.8) is 0 Å². The zero-order chi connectivity index (χ0) is 17.6. The van der Waals surface area contributed by atoms with E-state index in [2.05, 4.69) is 17.2 Å². The Hall–Kier alpha value is -2.12. The lowest BCUT2D eigenvalue weighted by Gasteiger charge is -2.18. The number of amides is 1. The third-order valence-electron chi connectivity index (χ3n) is 4.58. The Kier molecular flexibility index (Phi) is 4.13. The number of thiazole rings is 1. The summed E-state index contributed by atoms with van der Waals surface area (Å²) in [5.74, 6) is 1.02. The first-order chi connectivity index (χ1) is 12.1. The summed E-state index contributed by atoms with van der Waals surface area (Å²) < 4.78 is 6.42. The molecule has 1 aliphatic rings. The molecule has 2 aromatic heterocycles. The van der Waals surface area contributed by atoms with Gasteiger partial charge in [-0.3, -0.25) is 4.79 Å². The quantitative estimate of drug-likeness (QED) is 0.713. The number of methoxy groups -OCH3 is 1. The third-order valence-corrected chi connectivity index (χ3v) is 6.69. The van der Waals surface area contributed by atoms with Crippen molar-refractivity contribution < 1.29 is 9.53 Å². The first-order valence-electron chi connectivity index (χ1n) is 8.21. The molecular weight excluding hydrogens is 354 g/mol. The Labute approximate surface area is 153 Å². The van der Waals surface area contributed by atoms with Gasteiger partial charge < -0.3 is 15.8 Å². The van der Waals surface area contributed by atoms with Gasteiger partial charge in [-0.05, 0) is 42.9 Å². The van der Waals surface area contributed by atoms with Gasteiger partial charge >= 0.3 is 0 Å². The number of para-hydroxylation sites is 1. The van der Waals surface area contributed by atoms with Gasteiger partial charge in [-0.25, -0.2) is 4.98 Å². The maximum absolute atomic E-state index is 12.1. The van der Waals surface area contributed by atoms with Crippen molar-refractivity contribution in [3.8, 4) is 5.75 Å². The van der Waals surface area contributed by atoms with E-state index >= 15 is 0 Å². The van der Waals surface area contributed by atoms with E-state index < -0.39 is 0 Å². The van der Waals surface area contributed by atoms with Gasteiger partial charge in [0.2, 0.25) is 0 Å². The molecule has 7 heteroatoms. The van der Waals surface area contributed by atoms with Crippen molar-refractivity contribution >= 4 is 48.9 Å². The molecule has 3 aromatic rings. The number of benzene rings is 1. The van der Waals surface area contributed by atoms with E-state index in [1.165, 1.54) is 4.88 Å². The molecule has 1 unspecified atom stereocenters. The van der Waals surface area contributed by atoms with Crippen molar-refractivity contribution in [1.29, 1.82) is 0 Å². The zero-order valence-corrected chi connectivity index (χ0v) is 15.7. The molecule has 1 atom stereocenters. The van der Waals surface area contributed by atoms with Gasteiger partial charge in [0.1, 0.15) is 16.3 Å². The van der Waals surface area contributed by atoms with Crippen LogP contribution in [-0.4, -0.2) is 18.0 Å². The highest BCUT2D eigenvalue weighted by molar-refractivity contribution is 7.23. The minimum atomic E-state index is -0.367. The number of aromatic nitrogens is 1. The highest BCUT2D eigenvalue weighted by Crippen LogP contribution is 2.42. The molecule has 1 aromatic carbocycles. The first kappa shape index (κ1) is 16.4. The maximum Gasteiger partial charge on any atom is 0.251 e. The molecule has 0 bridgehead atoms. The second-order valence-corrected chi connectivity index (χ2v) is 8.51. The van der Waals surface area contributed by atoms with E-state index in [4.69, 9.17) is 10.5 Å². The van der Waals surface area contributed by atoms with Gasteiger partial charge in [0.05, 0.1) is 17.4 Å². The molecule has 25 heavy (non-hydrogen) atoms. The number of nitrogens with two attached hydrogens (primary N) is 1. The predicted molar refractivity (Wildman–Crippen MR) is 103 cm³/mol. The molecule has 0 fully saturated rings. The normalized spacial score (nSPS) is 16.6. The molecule has 5 nitrogen and oxygen atoms in total. The predicted octanol–water partition coefficient (Wildman–Crippen LogP) is 4.33. The summed E-state index contributed by atoms with van der Waals surface area (Å²) in [4.78, 5) is 18.0. The average molecular weight is 374 g/mol. The molecule has 1 aliphatic carbocycles. The number of thiophene rings is 1.